The Balaban J connectivity index is 1.69. The van der Waals surface area contributed by atoms with Crippen molar-refractivity contribution in [3.05, 3.63) is 71.8 Å². The largest absolute Gasteiger partial charge is 0.384 e. The second-order valence-corrected chi connectivity index (χ2v) is 7.75. The Morgan fingerprint density at radius 1 is 1.22 bits per heavy atom. The Bertz CT molecular complexity index is 808. The van der Waals surface area contributed by atoms with Crippen molar-refractivity contribution in [3.8, 4) is 0 Å². The fourth-order valence-electron chi connectivity index (χ4n) is 3.71. The average Bonchev–Trinajstić information content (AvgIpc) is 2.63. The Labute approximate surface area is 160 Å². The second-order valence-electron chi connectivity index (χ2n) is 7.75. The summed E-state index contributed by atoms with van der Waals surface area (Å²) in [5.41, 5.74) is 1.26. The molecule has 1 amide bonds. The van der Waals surface area contributed by atoms with Crippen molar-refractivity contribution in [3.63, 3.8) is 0 Å². The molecule has 1 aromatic rings. The van der Waals surface area contributed by atoms with Gasteiger partial charge in [-0.1, -0.05) is 55.1 Å². The van der Waals surface area contributed by atoms with Gasteiger partial charge in [-0.05, 0) is 25.0 Å². The summed E-state index contributed by atoms with van der Waals surface area (Å²) in [6, 6.07) is 10.2. The fraction of sp³-hybridized carbons (Fsp3) is 0.364. The van der Waals surface area contributed by atoms with Crippen LogP contribution in [0.15, 0.2) is 66.3 Å². The number of Topliss-reactive ketones (excluding diaryl/α,β-unsaturated/α-hetero) is 1. The zero-order valence-corrected chi connectivity index (χ0v) is 15.9. The van der Waals surface area contributed by atoms with Crippen LogP contribution < -0.4 is 0 Å². The Kier molecular flexibility index (Phi) is 5.44. The highest BCUT2D eigenvalue weighted by molar-refractivity contribution is 6.43. The van der Waals surface area contributed by atoms with Crippen LogP contribution in [-0.2, 0) is 16.1 Å². The molecule has 3 rings (SSSR count). The van der Waals surface area contributed by atoms with Gasteiger partial charge >= 0.3 is 0 Å². The zero-order chi connectivity index (χ0) is 19.6. The van der Waals surface area contributed by atoms with Crippen molar-refractivity contribution in [2.24, 2.45) is 0 Å². The molecule has 5 nitrogen and oxygen atoms in total. The van der Waals surface area contributed by atoms with E-state index in [9.17, 15) is 14.7 Å². The monoisotopic (exact) mass is 366 g/mol. The van der Waals surface area contributed by atoms with Crippen molar-refractivity contribution < 1.29 is 14.7 Å². The van der Waals surface area contributed by atoms with Crippen LogP contribution in [0.25, 0.3) is 0 Å². The topological polar surface area (TPSA) is 60.9 Å². The summed E-state index contributed by atoms with van der Waals surface area (Å²) in [5.74, 6) is -1.22. The molecule has 5 heteroatoms. The predicted molar refractivity (Wildman–Crippen MR) is 105 cm³/mol. The number of aliphatic hydroxyl groups is 1. The molecule has 142 valence electrons. The Morgan fingerprint density at radius 2 is 1.93 bits per heavy atom. The normalized spacial score (nSPS) is 22.5. The molecule has 0 saturated carbocycles. The summed E-state index contributed by atoms with van der Waals surface area (Å²) in [6.45, 7) is 10.3. The molecular formula is C22H26N2O3. The lowest BCUT2D eigenvalue weighted by molar-refractivity contribution is -0.150. The maximum absolute atomic E-state index is 12.9. The van der Waals surface area contributed by atoms with E-state index >= 15 is 0 Å². The quantitative estimate of drug-likeness (QED) is 0.829. The lowest BCUT2D eigenvalue weighted by Crippen LogP contribution is -2.62. The molecule has 0 aromatic heterocycles. The van der Waals surface area contributed by atoms with Crippen LogP contribution in [0.1, 0.15) is 19.4 Å². The van der Waals surface area contributed by atoms with Crippen LogP contribution in [0.3, 0.4) is 0 Å². The van der Waals surface area contributed by atoms with Gasteiger partial charge < -0.3 is 10.0 Å². The number of hydrogen-bond acceptors (Lipinski definition) is 4. The Hall–Kier alpha value is -2.50. The average molecular weight is 366 g/mol. The summed E-state index contributed by atoms with van der Waals surface area (Å²) in [4.78, 5) is 29.5. The number of aliphatic hydroxyl groups excluding tert-OH is 1. The second kappa shape index (κ2) is 7.62. The van der Waals surface area contributed by atoms with Crippen molar-refractivity contribution >= 4 is 11.7 Å². The number of nitrogens with zero attached hydrogens (tertiary/aromatic N) is 2. The molecular weight excluding hydrogens is 340 g/mol. The zero-order valence-electron chi connectivity index (χ0n) is 15.9. The highest BCUT2D eigenvalue weighted by Crippen LogP contribution is 2.25. The Morgan fingerprint density at radius 3 is 2.59 bits per heavy atom. The van der Waals surface area contributed by atoms with Gasteiger partial charge in [-0.2, -0.15) is 0 Å². The minimum absolute atomic E-state index is 0.0926. The molecule has 1 aliphatic heterocycles. The van der Waals surface area contributed by atoms with Gasteiger partial charge in [0.15, 0.2) is 0 Å². The van der Waals surface area contributed by atoms with Gasteiger partial charge in [0, 0.05) is 31.8 Å². The van der Waals surface area contributed by atoms with E-state index in [0.29, 0.717) is 25.2 Å². The summed E-state index contributed by atoms with van der Waals surface area (Å²) in [5, 5.41) is 10.2. The van der Waals surface area contributed by atoms with E-state index in [-0.39, 0.29) is 5.57 Å². The maximum Gasteiger partial charge on any atom is 0.295 e. The third kappa shape index (κ3) is 4.10. The van der Waals surface area contributed by atoms with E-state index in [1.165, 1.54) is 11.6 Å². The van der Waals surface area contributed by atoms with E-state index in [4.69, 9.17) is 0 Å². The molecule has 1 heterocycles. The van der Waals surface area contributed by atoms with E-state index < -0.39 is 23.3 Å². The summed E-state index contributed by atoms with van der Waals surface area (Å²) in [7, 11) is 0. The number of amides is 1. The van der Waals surface area contributed by atoms with Crippen LogP contribution in [0.4, 0.5) is 0 Å². The van der Waals surface area contributed by atoms with Crippen LogP contribution in [-0.4, -0.2) is 57.9 Å². The van der Waals surface area contributed by atoms with Crippen molar-refractivity contribution in [2.75, 3.05) is 19.6 Å². The number of carbonyl (C=O) groups is 2. The van der Waals surface area contributed by atoms with Crippen LogP contribution in [0.5, 0.6) is 0 Å². The lowest BCUT2D eigenvalue weighted by atomic mass is 9.92. The molecule has 1 fully saturated rings. The molecule has 1 saturated heterocycles. The van der Waals surface area contributed by atoms with Crippen molar-refractivity contribution in [1.82, 2.24) is 9.80 Å². The van der Waals surface area contributed by atoms with Gasteiger partial charge in [-0.15, -0.1) is 0 Å². The van der Waals surface area contributed by atoms with Gasteiger partial charge in [-0.25, -0.2) is 0 Å². The van der Waals surface area contributed by atoms with Gasteiger partial charge in [0.2, 0.25) is 5.78 Å². The third-order valence-electron chi connectivity index (χ3n) is 5.16. The first kappa shape index (κ1) is 19.3. The number of allylic oxidation sites excluding steroid dienone is 2. The van der Waals surface area contributed by atoms with Gasteiger partial charge in [-0.3, -0.25) is 14.5 Å². The van der Waals surface area contributed by atoms with Crippen molar-refractivity contribution in [1.29, 1.82) is 0 Å². The van der Waals surface area contributed by atoms with Gasteiger partial charge in [0.25, 0.3) is 5.91 Å². The van der Waals surface area contributed by atoms with Crippen LogP contribution >= 0.6 is 0 Å². The van der Waals surface area contributed by atoms with E-state index in [2.05, 4.69) is 23.6 Å². The first-order valence-electron chi connectivity index (χ1n) is 9.17. The van der Waals surface area contributed by atoms with Crippen LogP contribution in [0.2, 0.25) is 0 Å². The molecule has 1 aromatic carbocycles. The number of carbonyl (C=O) groups excluding carboxylic acids is 2. The number of ketones is 1. The summed E-state index contributed by atoms with van der Waals surface area (Å²) < 4.78 is 0. The van der Waals surface area contributed by atoms with E-state index in [0.717, 1.165) is 6.54 Å². The molecule has 1 N–H and O–H groups in total. The number of rotatable bonds is 4. The summed E-state index contributed by atoms with van der Waals surface area (Å²) in [6.07, 6.45) is 3.66. The molecule has 1 unspecified atom stereocenters. The fourth-order valence-corrected chi connectivity index (χ4v) is 3.71. The van der Waals surface area contributed by atoms with Crippen LogP contribution in [0, 0.1) is 0 Å². The number of piperazine rings is 1. The highest BCUT2D eigenvalue weighted by atomic mass is 16.3. The smallest absolute Gasteiger partial charge is 0.295 e. The van der Waals surface area contributed by atoms with Gasteiger partial charge in [0.05, 0.1) is 5.54 Å². The molecule has 27 heavy (non-hydrogen) atoms. The predicted octanol–water partition coefficient (Wildman–Crippen LogP) is 2.09. The van der Waals surface area contributed by atoms with E-state index in [1.54, 1.807) is 17.1 Å². The lowest BCUT2D eigenvalue weighted by Gasteiger charge is -2.47. The molecule has 0 bridgehead atoms. The minimum Gasteiger partial charge on any atom is -0.384 e. The third-order valence-corrected chi connectivity index (χ3v) is 5.16. The highest BCUT2D eigenvalue weighted by Gasteiger charge is 2.40. The molecule has 0 radical (unpaired) electrons. The molecule has 0 spiro atoms. The molecule has 2 aliphatic rings. The SMILES string of the molecule is C=C1C=CC=C(C(=O)C(=O)N2CCN(Cc3ccccc3)CC2(C)C)C1O. The first-order valence-corrected chi connectivity index (χ1v) is 9.17. The standard InChI is InChI=1S/C22H26N2O3/c1-16-8-7-11-18(19(16)25)20(26)21(27)24-13-12-23(15-22(24,2)3)14-17-9-5-4-6-10-17/h4-11,19,25H,1,12-15H2,2-3H3. The van der Waals surface area contributed by atoms with Crippen molar-refractivity contribution in [2.45, 2.75) is 32.0 Å². The molecule has 1 aliphatic carbocycles. The van der Waals surface area contributed by atoms with Gasteiger partial charge in [0.1, 0.15) is 6.10 Å². The van der Waals surface area contributed by atoms with E-state index in [1.807, 2.05) is 32.0 Å². The maximum atomic E-state index is 12.9. The minimum atomic E-state index is -1.12. The molecule has 1 atom stereocenters. The summed E-state index contributed by atoms with van der Waals surface area (Å²) >= 11 is 0. The number of benzene rings is 1. The first-order chi connectivity index (χ1) is 12.8. The number of hydrogen-bond donors (Lipinski definition) is 1.